The Labute approximate surface area is 153 Å². The Morgan fingerprint density at radius 3 is 2.72 bits per heavy atom. The van der Waals surface area contributed by atoms with Crippen molar-refractivity contribution in [1.29, 1.82) is 0 Å². The normalized spacial score (nSPS) is 23.0. The number of hydrogen-bond donors (Lipinski definition) is 1. The number of nitrogens with zero attached hydrogens (tertiary/aromatic N) is 3. The lowest BCUT2D eigenvalue weighted by atomic mass is 9.65. The van der Waals surface area contributed by atoms with E-state index in [-0.39, 0.29) is 5.41 Å². The van der Waals surface area contributed by atoms with Crippen LogP contribution in [0.15, 0.2) is 29.5 Å². The van der Waals surface area contributed by atoms with Gasteiger partial charge in [0.2, 0.25) is 0 Å². The van der Waals surface area contributed by atoms with E-state index in [0.29, 0.717) is 5.92 Å². The Kier molecular flexibility index (Phi) is 3.46. The van der Waals surface area contributed by atoms with E-state index in [4.69, 9.17) is 11.6 Å². The molecule has 3 aliphatic rings. The van der Waals surface area contributed by atoms with E-state index >= 15 is 0 Å². The lowest BCUT2D eigenvalue weighted by Crippen LogP contribution is -2.41. The summed E-state index contributed by atoms with van der Waals surface area (Å²) in [6.07, 6.45) is 13.0. The summed E-state index contributed by atoms with van der Waals surface area (Å²) in [5, 5.41) is 8.90. The second kappa shape index (κ2) is 5.60. The molecule has 2 heterocycles. The highest BCUT2D eigenvalue weighted by atomic mass is 35.5. The van der Waals surface area contributed by atoms with E-state index in [1.165, 1.54) is 43.2 Å². The molecule has 2 fully saturated rings. The summed E-state index contributed by atoms with van der Waals surface area (Å²) in [5.74, 6) is 1.76. The van der Waals surface area contributed by atoms with Crippen molar-refractivity contribution in [2.24, 2.45) is 4.99 Å². The first-order valence-corrected chi connectivity index (χ1v) is 9.72. The third-order valence-electron chi connectivity index (χ3n) is 6.42. The van der Waals surface area contributed by atoms with Gasteiger partial charge in [-0.1, -0.05) is 30.9 Å². The zero-order valence-corrected chi connectivity index (χ0v) is 15.3. The number of anilines is 1. The predicted molar refractivity (Wildman–Crippen MR) is 102 cm³/mol. The lowest BCUT2D eigenvalue weighted by molar-refractivity contribution is 0.347. The van der Waals surface area contributed by atoms with Gasteiger partial charge in [0.1, 0.15) is 5.84 Å². The first-order chi connectivity index (χ1) is 12.2. The third-order valence-corrected chi connectivity index (χ3v) is 6.72. The SMILES string of the molecule is CN=C1Nc2cc(-n3cc(C4CCCC4)cn3)c(Cl)cc2C12CCC2. The van der Waals surface area contributed by atoms with Crippen molar-refractivity contribution in [2.45, 2.75) is 56.3 Å². The van der Waals surface area contributed by atoms with Gasteiger partial charge in [0.25, 0.3) is 0 Å². The van der Waals surface area contributed by atoms with Crippen LogP contribution in [-0.2, 0) is 5.41 Å². The van der Waals surface area contributed by atoms with Gasteiger partial charge in [0.15, 0.2) is 0 Å². The van der Waals surface area contributed by atoms with E-state index in [1.54, 1.807) is 0 Å². The van der Waals surface area contributed by atoms with Crippen molar-refractivity contribution in [3.05, 3.63) is 40.7 Å². The number of nitrogens with one attached hydrogen (secondary N) is 1. The van der Waals surface area contributed by atoms with Crippen molar-refractivity contribution in [2.75, 3.05) is 12.4 Å². The molecule has 1 aliphatic heterocycles. The van der Waals surface area contributed by atoms with Gasteiger partial charge >= 0.3 is 0 Å². The molecule has 2 aliphatic carbocycles. The van der Waals surface area contributed by atoms with Crippen molar-refractivity contribution < 1.29 is 0 Å². The van der Waals surface area contributed by atoms with Crippen molar-refractivity contribution in [1.82, 2.24) is 9.78 Å². The maximum Gasteiger partial charge on any atom is 0.111 e. The fourth-order valence-corrected chi connectivity index (χ4v) is 5.11. The predicted octanol–water partition coefficient (Wildman–Crippen LogP) is 5.06. The third kappa shape index (κ3) is 2.20. The average molecular weight is 355 g/mol. The summed E-state index contributed by atoms with van der Waals surface area (Å²) >= 11 is 6.68. The summed E-state index contributed by atoms with van der Waals surface area (Å²) in [4.78, 5) is 4.51. The van der Waals surface area contributed by atoms with Gasteiger partial charge in [-0.05, 0) is 54.9 Å². The van der Waals surface area contributed by atoms with E-state index in [9.17, 15) is 0 Å². The van der Waals surface area contributed by atoms with Crippen LogP contribution in [0.4, 0.5) is 5.69 Å². The number of fused-ring (bicyclic) bond motifs is 2. The van der Waals surface area contributed by atoms with Gasteiger partial charge in [0.05, 0.1) is 22.3 Å². The Balaban J connectivity index is 1.54. The van der Waals surface area contributed by atoms with Gasteiger partial charge in [-0.3, -0.25) is 4.99 Å². The van der Waals surface area contributed by atoms with Crippen LogP contribution in [0.5, 0.6) is 0 Å². The molecule has 0 radical (unpaired) electrons. The molecule has 0 unspecified atom stereocenters. The number of rotatable bonds is 2. The molecular weight excluding hydrogens is 332 g/mol. The number of hydrogen-bond acceptors (Lipinski definition) is 2. The molecule has 2 saturated carbocycles. The fraction of sp³-hybridized carbons (Fsp3) is 0.500. The van der Waals surface area contributed by atoms with E-state index < -0.39 is 0 Å². The Morgan fingerprint density at radius 1 is 1.24 bits per heavy atom. The minimum absolute atomic E-state index is 0.0748. The Hall–Kier alpha value is -1.81. The maximum atomic E-state index is 6.68. The molecule has 25 heavy (non-hydrogen) atoms. The quantitative estimate of drug-likeness (QED) is 0.819. The topological polar surface area (TPSA) is 42.2 Å². The molecule has 1 spiro atoms. The Morgan fingerprint density at radius 2 is 2.04 bits per heavy atom. The average Bonchev–Trinajstić information content (AvgIpc) is 3.30. The van der Waals surface area contributed by atoms with Crippen molar-refractivity contribution in [3.63, 3.8) is 0 Å². The van der Waals surface area contributed by atoms with Crippen LogP contribution < -0.4 is 5.32 Å². The first-order valence-electron chi connectivity index (χ1n) is 9.34. The Bertz CT molecular complexity index is 857. The lowest BCUT2D eigenvalue weighted by Gasteiger charge is -2.38. The molecule has 0 atom stereocenters. The summed E-state index contributed by atoms with van der Waals surface area (Å²) in [7, 11) is 1.87. The van der Waals surface area contributed by atoms with Crippen LogP contribution in [0.25, 0.3) is 5.69 Å². The molecule has 0 saturated heterocycles. The highest BCUT2D eigenvalue weighted by molar-refractivity contribution is 6.33. The van der Waals surface area contributed by atoms with Gasteiger partial charge in [-0.2, -0.15) is 5.10 Å². The number of halogens is 1. The minimum atomic E-state index is 0.0748. The molecule has 5 rings (SSSR count). The van der Waals surface area contributed by atoms with Crippen LogP contribution in [-0.4, -0.2) is 22.7 Å². The second-order valence-corrected chi connectivity index (χ2v) is 8.09. The number of amidine groups is 1. The van der Waals surface area contributed by atoms with E-state index in [0.717, 1.165) is 35.1 Å². The van der Waals surface area contributed by atoms with Crippen LogP contribution in [0.3, 0.4) is 0 Å². The molecule has 0 bridgehead atoms. The second-order valence-electron chi connectivity index (χ2n) is 7.68. The molecule has 2 aromatic rings. The molecule has 1 N–H and O–H groups in total. The van der Waals surface area contributed by atoms with Crippen molar-refractivity contribution in [3.8, 4) is 5.69 Å². The van der Waals surface area contributed by atoms with Gasteiger partial charge in [-0.25, -0.2) is 4.68 Å². The first kappa shape index (κ1) is 15.4. The molecule has 1 aromatic heterocycles. The molecular formula is C20H23ClN4. The van der Waals surface area contributed by atoms with Crippen molar-refractivity contribution >= 4 is 23.1 Å². The zero-order chi connectivity index (χ0) is 17.0. The smallest absolute Gasteiger partial charge is 0.111 e. The van der Waals surface area contributed by atoms with Crippen LogP contribution >= 0.6 is 11.6 Å². The summed E-state index contributed by atoms with van der Waals surface area (Å²) in [5.41, 5.74) is 4.80. The summed E-state index contributed by atoms with van der Waals surface area (Å²) in [6.45, 7) is 0. The largest absolute Gasteiger partial charge is 0.343 e. The van der Waals surface area contributed by atoms with Crippen LogP contribution in [0.2, 0.25) is 5.02 Å². The highest BCUT2D eigenvalue weighted by Gasteiger charge is 2.49. The standard InChI is InChI=1S/C20H23ClN4/c1-22-19-20(7-4-8-20)15-9-16(21)18(10-17(15)24-19)25-12-14(11-23-25)13-5-2-3-6-13/h9-13H,2-8H2,1H3,(H,22,24). The highest BCUT2D eigenvalue weighted by Crippen LogP contribution is 2.52. The fourth-order valence-electron chi connectivity index (χ4n) is 4.86. The van der Waals surface area contributed by atoms with Crippen LogP contribution in [0.1, 0.15) is 62.0 Å². The van der Waals surface area contributed by atoms with Crippen LogP contribution in [0, 0.1) is 0 Å². The maximum absolute atomic E-state index is 6.68. The minimum Gasteiger partial charge on any atom is -0.343 e. The van der Waals surface area contributed by atoms with Gasteiger partial charge in [-0.15, -0.1) is 0 Å². The molecule has 1 aromatic carbocycles. The van der Waals surface area contributed by atoms with E-state index in [1.807, 2.05) is 17.9 Å². The van der Waals surface area contributed by atoms with E-state index in [2.05, 4.69) is 33.7 Å². The monoisotopic (exact) mass is 354 g/mol. The number of aromatic nitrogens is 2. The summed E-state index contributed by atoms with van der Waals surface area (Å²) in [6, 6.07) is 4.27. The van der Waals surface area contributed by atoms with Gasteiger partial charge in [0, 0.05) is 18.9 Å². The number of aliphatic imine (C=N–C) groups is 1. The molecule has 0 amide bonds. The molecule has 4 nitrogen and oxygen atoms in total. The number of benzene rings is 1. The molecule has 5 heteroatoms. The summed E-state index contributed by atoms with van der Waals surface area (Å²) < 4.78 is 1.94. The molecule has 130 valence electrons. The van der Waals surface area contributed by atoms with Gasteiger partial charge < -0.3 is 5.32 Å². The zero-order valence-electron chi connectivity index (χ0n) is 14.6.